The molecule has 8 heteroatoms. The highest BCUT2D eigenvalue weighted by atomic mass is 79.9. The van der Waals surface area contributed by atoms with E-state index in [9.17, 15) is 9.59 Å². The number of carbonyl (C=O) groups excluding carboxylic acids is 1. The van der Waals surface area contributed by atoms with Crippen molar-refractivity contribution in [1.29, 1.82) is 0 Å². The Hall–Kier alpha value is -1.15. The number of hydrogen-bond acceptors (Lipinski definition) is 4. The lowest BCUT2D eigenvalue weighted by atomic mass is 10.6. The molecule has 2 amide bonds. The van der Waals surface area contributed by atoms with Crippen LogP contribution in [-0.4, -0.2) is 40.6 Å². The predicted molar refractivity (Wildman–Crippen MR) is 59.1 cm³/mol. The topological polar surface area (TPSA) is 82.5 Å². The van der Waals surface area contributed by atoms with Crippen molar-refractivity contribution in [3.8, 4) is 0 Å². The molecule has 15 heavy (non-hydrogen) atoms. The van der Waals surface area contributed by atoms with Crippen LogP contribution in [-0.2, 0) is 4.79 Å². The van der Waals surface area contributed by atoms with Crippen LogP contribution in [0.4, 0.5) is 9.93 Å². The van der Waals surface area contributed by atoms with Crippen molar-refractivity contribution in [2.45, 2.75) is 0 Å². The highest BCUT2D eigenvalue weighted by Crippen LogP contribution is 2.23. The van der Waals surface area contributed by atoms with Crippen molar-refractivity contribution < 1.29 is 14.7 Å². The highest BCUT2D eigenvalue weighted by molar-refractivity contribution is 9.11. The lowest BCUT2D eigenvalue weighted by Crippen LogP contribution is -2.35. The molecule has 0 bridgehead atoms. The van der Waals surface area contributed by atoms with Crippen molar-refractivity contribution in [3.05, 3.63) is 9.98 Å². The summed E-state index contributed by atoms with van der Waals surface area (Å²) in [5, 5.41) is 11.4. The van der Waals surface area contributed by atoms with Gasteiger partial charge in [-0.05, 0) is 15.9 Å². The number of carboxylic acid groups (broad SMARTS) is 1. The van der Waals surface area contributed by atoms with Gasteiger partial charge in [0.1, 0.15) is 6.54 Å². The van der Waals surface area contributed by atoms with Crippen LogP contribution >= 0.6 is 27.3 Å². The van der Waals surface area contributed by atoms with Gasteiger partial charge in [0.15, 0.2) is 5.13 Å². The van der Waals surface area contributed by atoms with E-state index in [1.807, 2.05) is 0 Å². The summed E-state index contributed by atoms with van der Waals surface area (Å²) in [6.07, 6.45) is 1.55. The number of urea groups is 1. The maximum atomic E-state index is 11.4. The fraction of sp³-hybridized carbons (Fsp3) is 0.286. The number of nitrogens with one attached hydrogen (secondary N) is 1. The third-order valence-electron chi connectivity index (χ3n) is 1.41. The Morgan fingerprint density at radius 3 is 2.87 bits per heavy atom. The van der Waals surface area contributed by atoms with E-state index in [2.05, 4.69) is 26.2 Å². The molecule has 0 atom stereocenters. The summed E-state index contributed by atoms with van der Waals surface area (Å²) in [5.74, 6) is -1.06. The number of carbonyl (C=O) groups is 2. The van der Waals surface area contributed by atoms with Gasteiger partial charge in [0, 0.05) is 7.05 Å². The smallest absolute Gasteiger partial charge is 0.323 e. The molecule has 0 aliphatic rings. The second-order valence-electron chi connectivity index (χ2n) is 2.65. The number of halogens is 1. The Balaban J connectivity index is 2.52. The molecule has 0 saturated heterocycles. The van der Waals surface area contributed by atoms with Gasteiger partial charge in [0.05, 0.1) is 9.98 Å². The molecule has 1 heterocycles. The molecule has 1 aromatic rings. The molecular formula is C7H8BrN3O3S. The van der Waals surface area contributed by atoms with Gasteiger partial charge in [-0.25, -0.2) is 9.78 Å². The molecule has 0 spiro atoms. The van der Waals surface area contributed by atoms with Crippen LogP contribution in [0.3, 0.4) is 0 Å². The SMILES string of the molecule is CN(CC(=O)O)C(=O)Nc1ncc(Br)s1. The van der Waals surface area contributed by atoms with Gasteiger partial charge in [-0.15, -0.1) is 0 Å². The Morgan fingerprint density at radius 1 is 1.73 bits per heavy atom. The maximum Gasteiger partial charge on any atom is 0.323 e. The van der Waals surface area contributed by atoms with E-state index in [1.54, 1.807) is 6.20 Å². The van der Waals surface area contributed by atoms with Crippen LogP contribution in [0.5, 0.6) is 0 Å². The van der Waals surface area contributed by atoms with Gasteiger partial charge in [0.2, 0.25) is 0 Å². The third kappa shape index (κ3) is 3.84. The van der Waals surface area contributed by atoms with Crippen molar-refractivity contribution in [2.24, 2.45) is 0 Å². The van der Waals surface area contributed by atoms with Gasteiger partial charge in [-0.3, -0.25) is 10.1 Å². The molecule has 82 valence electrons. The number of amides is 2. The van der Waals surface area contributed by atoms with Gasteiger partial charge in [-0.2, -0.15) is 0 Å². The van der Waals surface area contributed by atoms with Gasteiger partial charge in [0.25, 0.3) is 0 Å². The number of rotatable bonds is 3. The number of aliphatic carboxylic acids is 1. The number of thiazole rings is 1. The summed E-state index contributed by atoms with van der Waals surface area (Å²) < 4.78 is 0.790. The van der Waals surface area contributed by atoms with Crippen LogP contribution in [0.1, 0.15) is 0 Å². The second-order valence-corrected chi connectivity index (χ2v) is 5.06. The summed E-state index contributed by atoms with van der Waals surface area (Å²) in [6.45, 7) is -0.349. The predicted octanol–water partition coefficient (Wildman–Crippen LogP) is 1.45. The summed E-state index contributed by atoms with van der Waals surface area (Å²) in [7, 11) is 1.39. The molecule has 2 N–H and O–H groups in total. The fourth-order valence-electron chi connectivity index (χ4n) is 0.774. The summed E-state index contributed by atoms with van der Waals surface area (Å²) in [4.78, 5) is 26.6. The average molecular weight is 294 g/mol. The first-order chi connectivity index (χ1) is 6.99. The summed E-state index contributed by atoms with van der Waals surface area (Å²) in [6, 6.07) is -0.501. The van der Waals surface area contributed by atoms with Gasteiger partial charge >= 0.3 is 12.0 Å². The van der Waals surface area contributed by atoms with Gasteiger partial charge in [-0.1, -0.05) is 11.3 Å². The monoisotopic (exact) mass is 293 g/mol. The number of likely N-dealkylation sites (N-methyl/N-ethyl adjacent to an activating group) is 1. The first-order valence-corrected chi connectivity index (χ1v) is 5.45. The number of hydrogen-bond donors (Lipinski definition) is 2. The fourth-order valence-corrected chi connectivity index (χ4v) is 1.87. The minimum absolute atomic E-state index is 0.349. The van der Waals surface area contributed by atoms with E-state index in [0.29, 0.717) is 5.13 Å². The summed E-state index contributed by atoms with van der Waals surface area (Å²) in [5.41, 5.74) is 0. The van der Waals surface area contributed by atoms with Crippen LogP contribution in [0.15, 0.2) is 9.98 Å². The van der Waals surface area contributed by atoms with E-state index in [0.717, 1.165) is 8.69 Å². The van der Waals surface area contributed by atoms with Crippen molar-refractivity contribution in [3.63, 3.8) is 0 Å². The highest BCUT2D eigenvalue weighted by Gasteiger charge is 2.13. The average Bonchev–Trinajstić information content (AvgIpc) is 2.50. The summed E-state index contributed by atoms with van der Waals surface area (Å²) >= 11 is 4.45. The zero-order chi connectivity index (χ0) is 11.4. The largest absolute Gasteiger partial charge is 0.480 e. The lowest BCUT2D eigenvalue weighted by molar-refractivity contribution is -0.137. The number of carboxylic acids is 1. The van der Waals surface area contributed by atoms with Crippen molar-refractivity contribution in [1.82, 2.24) is 9.88 Å². The van der Waals surface area contributed by atoms with Gasteiger partial charge < -0.3 is 10.0 Å². The van der Waals surface area contributed by atoms with E-state index in [-0.39, 0.29) is 6.54 Å². The number of nitrogens with zero attached hydrogens (tertiary/aromatic N) is 2. The minimum Gasteiger partial charge on any atom is -0.480 e. The Kier molecular flexibility index (Phi) is 4.04. The number of anilines is 1. The number of aromatic nitrogens is 1. The van der Waals surface area contributed by atoms with Crippen molar-refractivity contribution >= 4 is 44.4 Å². The normalized spacial score (nSPS) is 9.73. The van der Waals surface area contributed by atoms with E-state index in [1.165, 1.54) is 18.4 Å². The standard InChI is InChI=1S/C7H8BrN3O3S/c1-11(3-5(12)13)7(14)10-6-9-2-4(8)15-6/h2H,3H2,1H3,(H,12,13)(H,9,10,14). The van der Waals surface area contributed by atoms with Crippen LogP contribution in [0, 0.1) is 0 Å². The Morgan fingerprint density at radius 2 is 2.40 bits per heavy atom. The molecule has 1 rings (SSSR count). The molecule has 0 aliphatic carbocycles. The molecule has 0 fully saturated rings. The van der Waals surface area contributed by atoms with Crippen LogP contribution in [0.2, 0.25) is 0 Å². The molecule has 0 unspecified atom stereocenters. The molecular weight excluding hydrogens is 286 g/mol. The van der Waals surface area contributed by atoms with Crippen LogP contribution < -0.4 is 5.32 Å². The van der Waals surface area contributed by atoms with E-state index in [4.69, 9.17) is 5.11 Å². The second kappa shape index (κ2) is 5.08. The molecule has 0 radical (unpaired) electrons. The first-order valence-electron chi connectivity index (χ1n) is 3.84. The van der Waals surface area contributed by atoms with Crippen LogP contribution in [0.25, 0.3) is 0 Å². The Labute approximate surface area is 98.0 Å². The molecule has 0 saturated carbocycles. The first kappa shape index (κ1) is 11.9. The molecule has 0 aromatic carbocycles. The third-order valence-corrected chi connectivity index (χ3v) is 2.80. The zero-order valence-corrected chi connectivity index (χ0v) is 10.1. The quantitative estimate of drug-likeness (QED) is 0.884. The Bertz CT molecular complexity index is 381. The van der Waals surface area contributed by atoms with E-state index < -0.39 is 12.0 Å². The van der Waals surface area contributed by atoms with Crippen molar-refractivity contribution in [2.75, 3.05) is 18.9 Å². The molecule has 1 aromatic heterocycles. The zero-order valence-electron chi connectivity index (χ0n) is 7.73. The maximum absolute atomic E-state index is 11.4. The lowest BCUT2D eigenvalue weighted by Gasteiger charge is -2.13. The molecule has 6 nitrogen and oxygen atoms in total. The molecule has 0 aliphatic heterocycles. The van der Waals surface area contributed by atoms with E-state index >= 15 is 0 Å². The minimum atomic E-state index is -1.06.